The zero-order chi connectivity index (χ0) is 16.7. The van der Waals surface area contributed by atoms with E-state index in [-0.39, 0.29) is 5.91 Å². The van der Waals surface area contributed by atoms with E-state index in [9.17, 15) is 4.79 Å². The van der Waals surface area contributed by atoms with Gasteiger partial charge in [-0.2, -0.15) is 0 Å². The SMILES string of the molecule is Cc1cccc2nnc(N3CCN(C(=O)c4ccc(Cl)s4)CC3)n12. The number of halogens is 1. The van der Waals surface area contributed by atoms with Crippen molar-refractivity contribution in [2.75, 3.05) is 31.1 Å². The molecule has 1 amide bonds. The van der Waals surface area contributed by atoms with Gasteiger partial charge < -0.3 is 9.80 Å². The van der Waals surface area contributed by atoms with Gasteiger partial charge in [-0.1, -0.05) is 17.7 Å². The molecular formula is C16H16ClN5OS. The molecule has 0 unspecified atom stereocenters. The van der Waals surface area contributed by atoms with E-state index in [0.717, 1.165) is 30.4 Å². The van der Waals surface area contributed by atoms with Crippen molar-refractivity contribution in [1.82, 2.24) is 19.5 Å². The fourth-order valence-corrected chi connectivity index (χ4v) is 3.99. The number of carbonyl (C=O) groups excluding carboxylic acids is 1. The van der Waals surface area contributed by atoms with Crippen LogP contribution in [0.2, 0.25) is 4.34 Å². The number of thiophene rings is 1. The summed E-state index contributed by atoms with van der Waals surface area (Å²) in [4.78, 5) is 17.2. The van der Waals surface area contributed by atoms with Gasteiger partial charge in [0, 0.05) is 31.9 Å². The normalized spacial score (nSPS) is 15.2. The monoisotopic (exact) mass is 361 g/mol. The van der Waals surface area contributed by atoms with Crippen LogP contribution >= 0.6 is 22.9 Å². The quantitative estimate of drug-likeness (QED) is 0.704. The molecule has 0 saturated carbocycles. The van der Waals surface area contributed by atoms with Crippen LogP contribution in [-0.4, -0.2) is 51.6 Å². The van der Waals surface area contributed by atoms with Crippen LogP contribution in [-0.2, 0) is 0 Å². The van der Waals surface area contributed by atoms with E-state index >= 15 is 0 Å². The fraction of sp³-hybridized carbons (Fsp3) is 0.312. The number of fused-ring (bicyclic) bond motifs is 1. The summed E-state index contributed by atoms with van der Waals surface area (Å²) in [6, 6.07) is 9.52. The van der Waals surface area contributed by atoms with Crippen LogP contribution in [0, 0.1) is 6.92 Å². The van der Waals surface area contributed by atoms with Gasteiger partial charge in [-0.25, -0.2) is 0 Å². The predicted octanol–water partition coefficient (Wildman–Crippen LogP) is 2.72. The second-order valence-corrected chi connectivity index (χ2v) is 7.46. The highest BCUT2D eigenvalue weighted by Crippen LogP contribution is 2.24. The van der Waals surface area contributed by atoms with Crippen LogP contribution in [0.3, 0.4) is 0 Å². The van der Waals surface area contributed by atoms with E-state index in [1.807, 2.05) is 30.0 Å². The van der Waals surface area contributed by atoms with Crippen LogP contribution in [0.25, 0.3) is 5.65 Å². The van der Waals surface area contributed by atoms with Crippen molar-refractivity contribution in [3.8, 4) is 0 Å². The van der Waals surface area contributed by atoms with Crippen molar-refractivity contribution in [1.29, 1.82) is 0 Å². The van der Waals surface area contributed by atoms with Gasteiger partial charge in [-0.3, -0.25) is 9.20 Å². The van der Waals surface area contributed by atoms with Crippen LogP contribution < -0.4 is 4.90 Å². The van der Waals surface area contributed by atoms with Gasteiger partial charge in [-0.05, 0) is 31.2 Å². The summed E-state index contributed by atoms with van der Waals surface area (Å²) in [5.74, 6) is 0.892. The van der Waals surface area contributed by atoms with Gasteiger partial charge in [0.1, 0.15) is 0 Å². The zero-order valence-electron chi connectivity index (χ0n) is 13.1. The van der Waals surface area contributed by atoms with Crippen molar-refractivity contribution in [2.45, 2.75) is 6.92 Å². The summed E-state index contributed by atoms with van der Waals surface area (Å²) < 4.78 is 2.69. The molecule has 6 nitrogen and oxygen atoms in total. The molecule has 24 heavy (non-hydrogen) atoms. The molecule has 1 aliphatic heterocycles. The molecule has 1 aliphatic rings. The minimum atomic E-state index is 0.0498. The number of hydrogen-bond acceptors (Lipinski definition) is 5. The van der Waals surface area contributed by atoms with Gasteiger partial charge in [-0.15, -0.1) is 21.5 Å². The Labute approximate surface area is 148 Å². The number of rotatable bonds is 2. The Kier molecular flexibility index (Phi) is 3.90. The lowest BCUT2D eigenvalue weighted by Crippen LogP contribution is -2.49. The van der Waals surface area contributed by atoms with Gasteiger partial charge >= 0.3 is 0 Å². The molecule has 0 aliphatic carbocycles. The number of hydrogen-bond donors (Lipinski definition) is 0. The molecule has 124 valence electrons. The lowest BCUT2D eigenvalue weighted by atomic mass is 10.3. The highest BCUT2D eigenvalue weighted by molar-refractivity contribution is 7.17. The summed E-state index contributed by atoms with van der Waals surface area (Å²) in [5, 5.41) is 8.57. The number of amides is 1. The van der Waals surface area contributed by atoms with E-state index in [2.05, 4.69) is 19.5 Å². The molecule has 0 spiro atoms. The first kappa shape index (κ1) is 15.4. The Hall–Kier alpha value is -2.12. The summed E-state index contributed by atoms with van der Waals surface area (Å²) in [6.07, 6.45) is 0. The van der Waals surface area contributed by atoms with Gasteiger partial charge in [0.15, 0.2) is 5.65 Å². The number of carbonyl (C=O) groups is 1. The van der Waals surface area contributed by atoms with E-state index in [0.29, 0.717) is 22.3 Å². The fourth-order valence-electron chi connectivity index (χ4n) is 2.98. The molecule has 0 radical (unpaired) electrons. The number of anilines is 1. The lowest BCUT2D eigenvalue weighted by Gasteiger charge is -2.34. The van der Waals surface area contributed by atoms with E-state index < -0.39 is 0 Å². The molecule has 0 atom stereocenters. The first-order chi connectivity index (χ1) is 11.6. The van der Waals surface area contributed by atoms with E-state index in [1.54, 1.807) is 12.1 Å². The third kappa shape index (κ3) is 2.63. The first-order valence-electron chi connectivity index (χ1n) is 7.74. The Bertz CT molecular complexity index is 897. The van der Waals surface area contributed by atoms with Gasteiger partial charge in [0.25, 0.3) is 5.91 Å². The molecule has 4 rings (SSSR count). The Balaban J connectivity index is 1.50. The van der Waals surface area contributed by atoms with Crippen molar-refractivity contribution in [3.63, 3.8) is 0 Å². The third-order valence-electron chi connectivity index (χ3n) is 4.24. The summed E-state index contributed by atoms with van der Waals surface area (Å²) in [7, 11) is 0. The summed E-state index contributed by atoms with van der Waals surface area (Å²) in [5.41, 5.74) is 1.94. The second-order valence-electron chi connectivity index (χ2n) is 5.74. The van der Waals surface area contributed by atoms with Gasteiger partial charge in [0.05, 0.1) is 9.21 Å². The van der Waals surface area contributed by atoms with Crippen molar-refractivity contribution in [3.05, 3.63) is 45.2 Å². The van der Waals surface area contributed by atoms with Crippen molar-refractivity contribution < 1.29 is 4.79 Å². The summed E-state index contributed by atoms with van der Waals surface area (Å²) in [6.45, 7) is 4.84. The number of aromatic nitrogens is 3. The molecule has 8 heteroatoms. The first-order valence-corrected chi connectivity index (χ1v) is 8.93. The second kappa shape index (κ2) is 6.07. The number of piperazine rings is 1. The average Bonchev–Trinajstić information content (AvgIpc) is 3.21. The Morgan fingerprint density at radius 3 is 2.62 bits per heavy atom. The predicted molar refractivity (Wildman–Crippen MR) is 95.2 cm³/mol. The smallest absolute Gasteiger partial charge is 0.264 e. The summed E-state index contributed by atoms with van der Waals surface area (Å²) >= 11 is 7.25. The third-order valence-corrected chi connectivity index (χ3v) is 5.46. The van der Waals surface area contributed by atoms with E-state index in [4.69, 9.17) is 11.6 Å². The number of pyridine rings is 1. The molecule has 0 N–H and O–H groups in total. The largest absolute Gasteiger partial charge is 0.337 e. The molecule has 1 fully saturated rings. The topological polar surface area (TPSA) is 53.7 Å². The molecule has 3 aromatic heterocycles. The molecule has 3 aromatic rings. The molecule has 0 bridgehead atoms. The molecule has 1 saturated heterocycles. The highest BCUT2D eigenvalue weighted by atomic mass is 35.5. The Morgan fingerprint density at radius 1 is 1.12 bits per heavy atom. The maximum atomic E-state index is 12.5. The number of nitrogens with zero attached hydrogens (tertiary/aromatic N) is 5. The zero-order valence-corrected chi connectivity index (χ0v) is 14.7. The van der Waals surface area contributed by atoms with Crippen LogP contribution in [0.5, 0.6) is 0 Å². The van der Waals surface area contributed by atoms with Crippen molar-refractivity contribution in [2.24, 2.45) is 0 Å². The van der Waals surface area contributed by atoms with Crippen LogP contribution in [0.15, 0.2) is 30.3 Å². The minimum Gasteiger partial charge on any atom is -0.337 e. The van der Waals surface area contributed by atoms with Crippen LogP contribution in [0.1, 0.15) is 15.4 Å². The maximum Gasteiger partial charge on any atom is 0.264 e. The Morgan fingerprint density at radius 2 is 1.92 bits per heavy atom. The molecule has 0 aromatic carbocycles. The average molecular weight is 362 g/mol. The highest BCUT2D eigenvalue weighted by Gasteiger charge is 2.25. The lowest BCUT2D eigenvalue weighted by molar-refractivity contribution is 0.0751. The maximum absolute atomic E-state index is 12.5. The number of aryl methyl sites for hydroxylation is 1. The van der Waals surface area contributed by atoms with Crippen LogP contribution in [0.4, 0.5) is 5.95 Å². The molecule has 4 heterocycles. The molecular weight excluding hydrogens is 346 g/mol. The van der Waals surface area contributed by atoms with Gasteiger partial charge in [0.2, 0.25) is 5.95 Å². The van der Waals surface area contributed by atoms with Crippen molar-refractivity contribution >= 4 is 40.4 Å². The minimum absolute atomic E-state index is 0.0498. The standard InChI is InChI=1S/C16H16ClN5OS/c1-11-3-2-4-14-18-19-16(22(11)14)21-9-7-20(8-10-21)15(23)12-5-6-13(17)24-12/h2-6H,7-10H2,1H3. The van der Waals surface area contributed by atoms with E-state index in [1.165, 1.54) is 11.3 Å².